The van der Waals surface area contributed by atoms with Crippen LogP contribution in [0.15, 0.2) is 29.5 Å². The maximum Gasteiger partial charge on any atom is 0.283 e. The molecule has 0 aliphatic carbocycles. The number of ether oxygens (including phenoxy) is 3. The Morgan fingerprint density at radius 2 is 2.03 bits per heavy atom. The summed E-state index contributed by atoms with van der Waals surface area (Å²) in [6.07, 6.45) is 5.75. The number of hydrogen-bond donors (Lipinski definition) is 3. The van der Waals surface area contributed by atoms with Crippen molar-refractivity contribution in [3.8, 4) is 11.5 Å². The highest BCUT2D eigenvalue weighted by atomic mass is 16.5. The highest BCUT2D eigenvalue weighted by molar-refractivity contribution is 5.96. The van der Waals surface area contributed by atoms with Crippen molar-refractivity contribution in [2.24, 2.45) is 4.99 Å². The van der Waals surface area contributed by atoms with Crippen LogP contribution in [0.2, 0.25) is 0 Å². The lowest BCUT2D eigenvalue weighted by atomic mass is 10.2. The van der Waals surface area contributed by atoms with Gasteiger partial charge in [0, 0.05) is 44.0 Å². The standard InChI is InChI=1S/C25H34N8O4/c1-3-4-12-36-14-10-27-8-5-13-37-19-7-6-18-20(21(19)35-2)31-25(33-11-9-28-22(18)33)32-23(34)17-15-29-24(26)30-16-17/h6-7,15-16,27-28H,3-5,8-14H2,1-2H3,(H2,26,29,30). The number of nitrogens with two attached hydrogens (primary N) is 1. The van der Waals surface area contributed by atoms with Gasteiger partial charge in [-0.3, -0.25) is 9.36 Å². The number of fused-ring (bicyclic) bond motifs is 3. The first-order valence-electron chi connectivity index (χ1n) is 12.6. The summed E-state index contributed by atoms with van der Waals surface area (Å²) >= 11 is 0. The van der Waals surface area contributed by atoms with Gasteiger partial charge in [0.15, 0.2) is 11.5 Å². The Morgan fingerprint density at radius 3 is 2.81 bits per heavy atom. The minimum absolute atomic E-state index is 0.0873. The number of aromatic nitrogens is 4. The van der Waals surface area contributed by atoms with E-state index in [1.807, 2.05) is 16.7 Å². The second-order valence-corrected chi connectivity index (χ2v) is 8.50. The largest absolute Gasteiger partial charge is 0.491 e. The van der Waals surface area contributed by atoms with Gasteiger partial charge < -0.3 is 30.6 Å². The lowest BCUT2D eigenvalue weighted by molar-refractivity contribution is 0.0996. The Labute approximate surface area is 215 Å². The van der Waals surface area contributed by atoms with Gasteiger partial charge in [-0.15, -0.1) is 0 Å². The minimum atomic E-state index is -0.511. The van der Waals surface area contributed by atoms with Crippen molar-refractivity contribution in [3.63, 3.8) is 0 Å². The van der Waals surface area contributed by atoms with Crippen molar-refractivity contribution in [2.75, 3.05) is 57.6 Å². The van der Waals surface area contributed by atoms with Crippen molar-refractivity contribution < 1.29 is 19.0 Å². The Kier molecular flexibility index (Phi) is 9.22. The van der Waals surface area contributed by atoms with Crippen LogP contribution >= 0.6 is 0 Å². The van der Waals surface area contributed by atoms with Crippen LogP contribution in [0.5, 0.6) is 11.5 Å². The Bertz CT molecular complexity index is 1280. The Morgan fingerprint density at radius 1 is 1.19 bits per heavy atom. The number of amides is 1. The molecule has 4 N–H and O–H groups in total. The molecule has 1 aliphatic heterocycles. The molecule has 0 spiro atoms. The van der Waals surface area contributed by atoms with Crippen LogP contribution in [0.25, 0.3) is 10.9 Å². The van der Waals surface area contributed by atoms with E-state index in [-0.39, 0.29) is 17.1 Å². The van der Waals surface area contributed by atoms with Gasteiger partial charge in [-0.05, 0) is 31.5 Å². The molecule has 37 heavy (non-hydrogen) atoms. The first kappa shape index (κ1) is 26.3. The number of rotatable bonds is 13. The third-order valence-electron chi connectivity index (χ3n) is 5.85. The first-order chi connectivity index (χ1) is 18.1. The summed E-state index contributed by atoms with van der Waals surface area (Å²) in [5, 5.41) is 7.57. The maximum absolute atomic E-state index is 12.8. The Hall–Kier alpha value is -3.77. The first-order valence-corrected chi connectivity index (χ1v) is 12.6. The molecule has 0 saturated carbocycles. The summed E-state index contributed by atoms with van der Waals surface area (Å²) in [4.78, 5) is 29.5. The van der Waals surface area contributed by atoms with Crippen LogP contribution in [0.1, 0.15) is 36.5 Å². The quantitative estimate of drug-likeness (QED) is 0.290. The fourth-order valence-electron chi connectivity index (χ4n) is 3.95. The van der Waals surface area contributed by atoms with E-state index in [0.717, 1.165) is 50.2 Å². The van der Waals surface area contributed by atoms with E-state index in [9.17, 15) is 4.79 Å². The number of benzene rings is 1. The summed E-state index contributed by atoms with van der Waals surface area (Å²) in [6.45, 7) is 7.14. The molecule has 4 rings (SSSR count). The molecule has 0 fully saturated rings. The zero-order valence-corrected chi connectivity index (χ0v) is 21.3. The normalized spacial score (nSPS) is 13.0. The van der Waals surface area contributed by atoms with E-state index in [0.29, 0.717) is 43.3 Å². The SMILES string of the molecule is CCCCOCCNCCCOc1ccc2c3n(c(=NC(=O)c4cnc(N)nc4)nc2c1OC)CCN3. The predicted molar refractivity (Wildman–Crippen MR) is 140 cm³/mol. The van der Waals surface area contributed by atoms with E-state index < -0.39 is 5.91 Å². The summed E-state index contributed by atoms with van der Waals surface area (Å²) in [5.74, 6) is 1.47. The number of hydrogen-bond acceptors (Lipinski definition) is 10. The van der Waals surface area contributed by atoms with Crippen molar-refractivity contribution in [1.82, 2.24) is 24.8 Å². The summed E-state index contributed by atoms with van der Waals surface area (Å²) in [5.41, 5.74) is 6.57. The van der Waals surface area contributed by atoms with Crippen LogP contribution < -0.4 is 31.5 Å². The van der Waals surface area contributed by atoms with Crippen LogP contribution in [0, 0.1) is 0 Å². The van der Waals surface area contributed by atoms with Crippen molar-refractivity contribution in [3.05, 3.63) is 35.7 Å². The molecule has 3 aromatic rings. The lowest BCUT2D eigenvalue weighted by Gasteiger charge is -2.15. The van der Waals surface area contributed by atoms with Gasteiger partial charge in [-0.25, -0.2) is 15.0 Å². The topological polar surface area (TPSA) is 151 Å². The molecular formula is C25H34N8O4. The second kappa shape index (κ2) is 13.0. The number of carbonyl (C=O) groups excluding carboxylic acids is 1. The molecule has 0 saturated heterocycles. The van der Waals surface area contributed by atoms with Crippen LogP contribution in [0.3, 0.4) is 0 Å². The van der Waals surface area contributed by atoms with Crippen molar-refractivity contribution in [2.45, 2.75) is 32.7 Å². The Balaban J connectivity index is 1.49. The van der Waals surface area contributed by atoms with Crippen LogP contribution in [-0.2, 0) is 11.3 Å². The molecule has 3 heterocycles. The van der Waals surface area contributed by atoms with Gasteiger partial charge in [0.2, 0.25) is 11.6 Å². The van der Waals surface area contributed by atoms with Crippen molar-refractivity contribution >= 4 is 28.6 Å². The van der Waals surface area contributed by atoms with E-state index >= 15 is 0 Å². The van der Waals surface area contributed by atoms with E-state index in [4.69, 9.17) is 24.9 Å². The van der Waals surface area contributed by atoms with Gasteiger partial charge in [0.05, 0.1) is 25.9 Å². The zero-order chi connectivity index (χ0) is 26.0. The summed E-state index contributed by atoms with van der Waals surface area (Å²) < 4.78 is 19.2. The molecule has 1 aromatic carbocycles. The molecule has 0 bridgehead atoms. The lowest BCUT2D eigenvalue weighted by Crippen LogP contribution is -2.25. The number of unbranched alkanes of at least 4 members (excludes halogenated alkanes) is 1. The number of carbonyl (C=O) groups is 1. The summed E-state index contributed by atoms with van der Waals surface area (Å²) in [7, 11) is 1.57. The van der Waals surface area contributed by atoms with Gasteiger partial charge in [-0.2, -0.15) is 4.99 Å². The number of nitrogens with zero attached hydrogens (tertiary/aromatic N) is 5. The molecule has 0 radical (unpaired) electrons. The van der Waals surface area contributed by atoms with E-state index in [1.54, 1.807) is 7.11 Å². The fourth-order valence-corrected chi connectivity index (χ4v) is 3.95. The van der Waals surface area contributed by atoms with E-state index in [2.05, 4.69) is 32.5 Å². The molecular weight excluding hydrogens is 476 g/mol. The van der Waals surface area contributed by atoms with Crippen molar-refractivity contribution in [1.29, 1.82) is 0 Å². The third-order valence-corrected chi connectivity index (χ3v) is 5.85. The highest BCUT2D eigenvalue weighted by Crippen LogP contribution is 2.37. The average molecular weight is 511 g/mol. The monoisotopic (exact) mass is 510 g/mol. The summed E-state index contributed by atoms with van der Waals surface area (Å²) in [6, 6.07) is 3.82. The predicted octanol–water partition coefficient (Wildman–Crippen LogP) is 1.76. The van der Waals surface area contributed by atoms with E-state index in [1.165, 1.54) is 12.4 Å². The molecule has 12 heteroatoms. The highest BCUT2D eigenvalue weighted by Gasteiger charge is 2.21. The van der Waals surface area contributed by atoms with Crippen LogP contribution in [-0.4, -0.2) is 72.0 Å². The van der Waals surface area contributed by atoms with Crippen LogP contribution in [0.4, 0.5) is 11.8 Å². The zero-order valence-electron chi connectivity index (χ0n) is 21.3. The number of anilines is 2. The minimum Gasteiger partial charge on any atom is -0.491 e. The van der Waals surface area contributed by atoms with Gasteiger partial charge in [0.25, 0.3) is 5.91 Å². The molecule has 1 aliphatic rings. The van der Waals surface area contributed by atoms with Gasteiger partial charge >= 0.3 is 0 Å². The molecule has 0 unspecified atom stereocenters. The van der Waals surface area contributed by atoms with Gasteiger partial charge in [-0.1, -0.05) is 13.3 Å². The molecule has 1 amide bonds. The average Bonchev–Trinajstić information content (AvgIpc) is 3.40. The number of methoxy groups -OCH3 is 1. The third kappa shape index (κ3) is 6.52. The van der Waals surface area contributed by atoms with Gasteiger partial charge in [0.1, 0.15) is 11.3 Å². The molecule has 198 valence electrons. The maximum atomic E-state index is 12.8. The smallest absolute Gasteiger partial charge is 0.283 e. The fraction of sp³-hybridized carbons (Fsp3) is 0.480. The number of nitrogens with one attached hydrogen (secondary N) is 2. The second-order valence-electron chi connectivity index (χ2n) is 8.50. The molecule has 2 aromatic heterocycles. The molecule has 0 atom stereocenters. The number of nitrogen functional groups attached to an aromatic ring is 1. The molecule has 12 nitrogen and oxygen atoms in total.